The van der Waals surface area contributed by atoms with Gasteiger partial charge in [0.15, 0.2) is 0 Å². The van der Waals surface area contributed by atoms with E-state index in [0.717, 1.165) is 11.1 Å². The number of hydrogen-bond acceptors (Lipinski definition) is 5. The van der Waals surface area contributed by atoms with Crippen molar-refractivity contribution in [3.63, 3.8) is 0 Å². The van der Waals surface area contributed by atoms with Crippen molar-refractivity contribution in [2.45, 2.75) is 18.4 Å². The summed E-state index contributed by atoms with van der Waals surface area (Å²) in [6.07, 6.45) is 0. The van der Waals surface area contributed by atoms with Gasteiger partial charge in [0.2, 0.25) is 15.9 Å². The van der Waals surface area contributed by atoms with Crippen LogP contribution < -0.4 is 14.8 Å². The van der Waals surface area contributed by atoms with E-state index in [4.69, 9.17) is 9.47 Å². The topological polar surface area (TPSA) is 84.9 Å². The summed E-state index contributed by atoms with van der Waals surface area (Å²) in [6, 6.07) is 20.7. The van der Waals surface area contributed by atoms with Gasteiger partial charge in [-0.25, -0.2) is 8.42 Å². The highest BCUT2D eigenvalue weighted by Crippen LogP contribution is 2.29. The van der Waals surface area contributed by atoms with Crippen molar-refractivity contribution < 1.29 is 22.7 Å². The molecule has 0 atom stereocenters. The van der Waals surface area contributed by atoms with Crippen molar-refractivity contribution in [2.75, 3.05) is 26.1 Å². The SMILES string of the molecule is COc1ccc(NC(=O)CN(Cc2ccccc2)S(=O)(=O)c2ccc(C)cc2)c(OC)c1. The lowest BCUT2D eigenvalue weighted by molar-refractivity contribution is -0.116. The molecule has 0 spiro atoms. The zero-order valence-electron chi connectivity index (χ0n) is 18.2. The molecule has 7 nitrogen and oxygen atoms in total. The first kappa shape index (κ1) is 23.3. The number of amides is 1. The molecule has 8 heteroatoms. The minimum absolute atomic E-state index is 0.0597. The molecule has 32 heavy (non-hydrogen) atoms. The van der Waals surface area contributed by atoms with Crippen LogP contribution >= 0.6 is 0 Å². The van der Waals surface area contributed by atoms with Gasteiger partial charge in [-0.3, -0.25) is 4.79 Å². The molecule has 0 aliphatic heterocycles. The molecule has 0 aliphatic rings. The lowest BCUT2D eigenvalue weighted by Crippen LogP contribution is -2.37. The Morgan fingerprint density at radius 2 is 1.62 bits per heavy atom. The number of carbonyl (C=O) groups is 1. The number of hydrogen-bond donors (Lipinski definition) is 1. The fraction of sp³-hybridized carbons (Fsp3) is 0.208. The first-order valence-corrected chi connectivity index (χ1v) is 11.4. The number of carbonyl (C=O) groups excluding carboxylic acids is 1. The highest BCUT2D eigenvalue weighted by molar-refractivity contribution is 7.89. The number of nitrogens with zero attached hydrogens (tertiary/aromatic N) is 1. The predicted octanol–water partition coefficient (Wildman–Crippen LogP) is 3.84. The number of benzene rings is 3. The van der Waals surface area contributed by atoms with Gasteiger partial charge < -0.3 is 14.8 Å². The average Bonchev–Trinajstić information content (AvgIpc) is 2.80. The van der Waals surface area contributed by atoms with Crippen LogP contribution in [0.1, 0.15) is 11.1 Å². The van der Waals surface area contributed by atoms with Crippen LogP contribution in [0.15, 0.2) is 77.7 Å². The largest absolute Gasteiger partial charge is 0.497 e. The van der Waals surface area contributed by atoms with Crippen molar-refractivity contribution in [3.8, 4) is 11.5 Å². The fourth-order valence-electron chi connectivity index (χ4n) is 3.12. The van der Waals surface area contributed by atoms with Crippen molar-refractivity contribution in [1.82, 2.24) is 4.31 Å². The Balaban J connectivity index is 1.87. The van der Waals surface area contributed by atoms with E-state index < -0.39 is 15.9 Å². The number of sulfonamides is 1. The molecule has 0 radical (unpaired) electrons. The van der Waals surface area contributed by atoms with Crippen LogP contribution in [0.4, 0.5) is 5.69 Å². The minimum Gasteiger partial charge on any atom is -0.497 e. The molecular formula is C24H26N2O5S. The normalized spacial score (nSPS) is 11.2. The molecule has 168 valence electrons. The Labute approximate surface area is 188 Å². The molecule has 3 aromatic carbocycles. The number of ether oxygens (including phenoxy) is 2. The van der Waals surface area contributed by atoms with Crippen LogP contribution in [0.3, 0.4) is 0 Å². The van der Waals surface area contributed by atoms with Gasteiger partial charge in [0.1, 0.15) is 11.5 Å². The summed E-state index contributed by atoms with van der Waals surface area (Å²) in [5, 5.41) is 2.74. The zero-order chi connectivity index (χ0) is 23.1. The summed E-state index contributed by atoms with van der Waals surface area (Å²) >= 11 is 0. The van der Waals surface area contributed by atoms with E-state index in [1.54, 1.807) is 42.5 Å². The Morgan fingerprint density at radius 3 is 2.25 bits per heavy atom. The third kappa shape index (κ3) is 5.66. The first-order chi connectivity index (χ1) is 15.3. The molecule has 3 rings (SSSR count). The smallest absolute Gasteiger partial charge is 0.243 e. The predicted molar refractivity (Wildman–Crippen MR) is 123 cm³/mol. The Morgan fingerprint density at radius 1 is 0.938 bits per heavy atom. The van der Waals surface area contributed by atoms with Gasteiger partial charge in [0.25, 0.3) is 0 Å². The second-order valence-electron chi connectivity index (χ2n) is 7.19. The van der Waals surface area contributed by atoms with E-state index in [2.05, 4.69) is 5.32 Å². The summed E-state index contributed by atoms with van der Waals surface area (Å²) in [7, 11) is -0.896. The second-order valence-corrected chi connectivity index (χ2v) is 9.12. The molecule has 1 N–H and O–H groups in total. The van der Waals surface area contributed by atoms with Crippen molar-refractivity contribution in [2.24, 2.45) is 0 Å². The standard InChI is InChI=1S/C24H26N2O5S/c1-18-9-12-21(13-10-18)32(28,29)26(16-19-7-5-4-6-8-19)17-24(27)25-22-14-11-20(30-2)15-23(22)31-3/h4-15H,16-17H2,1-3H3,(H,25,27). The molecule has 0 heterocycles. The molecule has 0 aliphatic carbocycles. The second kappa shape index (κ2) is 10.3. The van der Waals surface area contributed by atoms with Gasteiger partial charge in [-0.1, -0.05) is 48.0 Å². The van der Waals surface area contributed by atoms with E-state index in [-0.39, 0.29) is 18.0 Å². The van der Waals surface area contributed by atoms with Crippen LogP contribution in [-0.2, 0) is 21.4 Å². The molecule has 0 saturated heterocycles. The number of rotatable bonds is 9. The lowest BCUT2D eigenvalue weighted by Gasteiger charge is -2.22. The maximum atomic E-state index is 13.3. The monoisotopic (exact) mass is 454 g/mol. The quantitative estimate of drug-likeness (QED) is 0.531. The van der Waals surface area contributed by atoms with E-state index in [1.807, 2.05) is 37.3 Å². The Hall–Kier alpha value is -3.36. The third-order valence-electron chi connectivity index (χ3n) is 4.86. The van der Waals surface area contributed by atoms with Crippen LogP contribution in [0.25, 0.3) is 0 Å². The highest BCUT2D eigenvalue weighted by Gasteiger charge is 2.27. The molecular weight excluding hydrogens is 428 g/mol. The molecule has 0 bridgehead atoms. The van der Waals surface area contributed by atoms with Crippen LogP contribution in [0.5, 0.6) is 11.5 Å². The number of nitrogens with one attached hydrogen (secondary N) is 1. The number of anilines is 1. The molecule has 3 aromatic rings. The number of aryl methyl sites for hydroxylation is 1. The number of methoxy groups -OCH3 is 2. The molecule has 0 unspecified atom stereocenters. The van der Waals surface area contributed by atoms with Gasteiger partial charge in [0, 0.05) is 12.6 Å². The van der Waals surface area contributed by atoms with Crippen molar-refractivity contribution in [1.29, 1.82) is 0 Å². The van der Waals surface area contributed by atoms with Gasteiger partial charge in [0.05, 0.1) is 31.3 Å². The first-order valence-electron chi connectivity index (χ1n) is 9.96. The molecule has 0 fully saturated rings. The van der Waals surface area contributed by atoms with E-state index >= 15 is 0 Å². The third-order valence-corrected chi connectivity index (χ3v) is 6.67. The Kier molecular flexibility index (Phi) is 7.50. The van der Waals surface area contributed by atoms with Crippen LogP contribution in [-0.4, -0.2) is 39.4 Å². The highest BCUT2D eigenvalue weighted by atomic mass is 32.2. The van der Waals surface area contributed by atoms with E-state index in [1.165, 1.54) is 18.5 Å². The zero-order valence-corrected chi connectivity index (χ0v) is 19.1. The van der Waals surface area contributed by atoms with Crippen molar-refractivity contribution >= 4 is 21.6 Å². The maximum Gasteiger partial charge on any atom is 0.243 e. The van der Waals surface area contributed by atoms with Gasteiger partial charge in [-0.2, -0.15) is 4.31 Å². The van der Waals surface area contributed by atoms with Crippen molar-refractivity contribution in [3.05, 3.63) is 83.9 Å². The molecule has 0 aromatic heterocycles. The summed E-state index contributed by atoms with van der Waals surface area (Å²) in [4.78, 5) is 13.0. The van der Waals surface area contributed by atoms with Gasteiger partial charge in [-0.15, -0.1) is 0 Å². The van der Waals surface area contributed by atoms with E-state index in [0.29, 0.717) is 17.2 Å². The maximum absolute atomic E-state index is 13.3. The summed E-state index contributed by atoms with van der Waals surface area (Å²) in [5.41, 5.74) is 2.15. The van der Waals surface area contributed by atoms with Gasteiger partial charge >= 0.3 is 0 Å². The molecule has 0 saturated carbocycles. The van der Waals surface area contributed by atoms with E-state index in [9.17, 15) is 13.2 Å². The Bertz CT molecular complexity index is 1160. The van der Waals surface area contributed by atoms with Crippen LogP contribution in [0, 0.1) is 6.92 Å². The average molecular weight is 455 g/mol. The minimum atomic E-state index is -3.91. The van der Waals surface area contributed by atoms with Crippen LogP contribution in [0.2, 0.25) is 0 Å². The summed E-state index contributed by atoms with van der Waals surface area (Å²) < 4.78 is 38.3. The summed E-state index contributed by atoms with van der Waals surface area (Å²) in [6.45, 7) is 1.58. The lowest BCUT2D eigenvalue weighted by atomic mass is 10.2. The molecule has 1 amide bonds. The summed E-state index contributed by atoms with van der Waals surface area (Å²) in [5.74, 6) is 0.501. The van der Waals surface area contributed by atoms with Gasteiger partial charge in [-0.05, 0) is 36.8 Å². The fourth-order valence-corrected chi connectivity index (χ4v) is 4.51.